The highest BCUT2D eigenvalue weighted by molar-refractivity contribution is 6.29. The zero-order chi connectivity index (χ0) is 28.3. The quantitative estimate of drug-likeness (QED) is 0.121. The van der Waals surface area contributed by atoms with E-state index in [4.69, 9.17) is 0 Å². The molecular weight excluding hydrogens is 484 g/mol. The molecule has 2 heteroatoms. The molecule has 0 radical (unpaired) electrons. The highest BCUT2D eigenvalue weighted by Crippen LogP contribution is 2.46. The molecule has 0 fully saturated rings. The van der Waals surface area contributed by atoms with Gasteiger partial charge in [-0.05, 0) is 76.4 Å². The Bertz CT molecular complexity index is 2140. The molecule has 0 N–H and O–H groups in total. The molecule has 40 heavy (non-hydrogen) atoms. The Kier molecular flexibility index (Phi) is 5.19. The summed E-state index contributed by atoms with van der Waals surface area (Å²) in [6, 6.07) is 21.1. The summed E-state index contributed by atoms with van der Waals surface area (Å²) in [4.78, 5) is 0. The molecular formula is C38H41N2+. The molecule has 0 saturated heterocycles. The fraction of sp³-hybridized carbons (Fsp3) is 0.342. The fourth-order valence-corrected chi connectivity index (χ4v) is 7.40. The number of hydrogen-bond donors (Lipinski definition) is 0. The van der Waals surface area contributed by atoms with Gasteiger partial charge in [-0.3, -0.25) is 0 Å². The van der Waals surface area contributed by atoms with Crippen LogP contribution in [0.15, 0.2) is 60.8 Å². The van der Waals surface area contributed by atoms with Gasteiger partial charge >= 0.3 is 0 Å². The molecule has 0 aliphatic carbocycles. The normalized spacial score (nSPS) is 13.3. The largest absolute Gasteiger partial charge is 0.307 e. The predicted molar refractivity (Wildman–Crippen MR) is 173 cm³/mol. The van der Waals surface area contributed by atoms with Crippen molar-refractivity contribution in [1.82, 2.24) is 4.40 Å². The van der Waals surface area contributed by atoms with Crippen LogP contribution in [0.5, 0.6) is 0 Å². The Hall–Kier alpha value is -3.65. The summed E-state index contributed by atoms with van der Waals surface area (Å²) < 4.78 is 5.03. The van der Waals surface area contributed by atoms with Gasteiger partial charge in [-0.2, -0.15) is 0 Å². The molecule has 0 aliphatic heterocycles. The Labute approximate surface area is 237 Å². The lowest BCUT2D eigenvalue weighted by atomic mass is 9.83. The topological polar surface area (TPSA) is 8.29 Å². The molecule has 0 amide bonds. The van der Waals surface area contributed by atoms with Gasteiger partial charge in [0.1, 0.15) is 7.05 Å². The first-order valence-corrected chi connectivity index (χ1v) is 14.8. The summed E-state index contributed by atoms with van der Waals surface area (Å²) in [7, 11) is 2.23. The average Bonchev–Trinajstić information content (AvgIpc) is 3.21. The molecule has 4 aromatic carbocycles. The minimum atomic E-state index is 0.144. The van der Waals surface area contributed by atoms with Gasteiger partial charge in [0.05, 0.1) is 27.3 Å². The van der Waals surface area contributed by atoms with Crippen molar-refractivity contribution in [3.8, 4) is 0 Å². The number of nitrogens with zero attached hydrogens (tertiary/aromatic N) is 2. The standard InChI is InChI=1S/C38H41N2/c1-22-13-15-26-28(19-22)23(2)31-35(29(26)21-38(6,7)8)40-30-12-10-11-25(20-37(3,4)5)32(30)27-16-14-24-17-18-39(9)36(31)33(24)34(27)40/h10-19H,20-21H2,1-9H3/q+1. The minimum absolute atomic E-state index is 0.144. The van der Waals surface area contributed by atoms with Crippen LogP contribution >= 0.6 is 0 Å². The maximum atomic E-state index is 2.66. The Morgan fingerprint density at radius 1 is 0.700 bits per heavy atom. The molecule has 0 saturated carbocycles. The number of fused-ring (bicyclic) bond motifs is 7. The molecule has 0 spiro atoms. The predicted octanol–water partition coefficient (Wildman–Crippen LogP) is 9.76. The first-order chi connectivity index (χ1) is 18.8. The average molecular weight is 526 g/mol. The Morgan fingerprint density at radius 3 is 2.15 bits per heavy atom. The van der Waals surface area contributed by atoms with E-state index in [2.05, 4.69) is 132 Å². The van der Waals surface area contributed by atoms with Crippen LogP contribution in [-0.4, -0.2) is 4.40 Å². The van der Waals surface area contributed by atoms with Crippen molar-refractivity contribution < 1.29 is 4.57 Å². The van der Waals surface area contributed by atoms with Crippen molar-refractivity contribution in [3.05, 3.63) is 83.0 Å². The molecule has 0 unspecified atom stereocenters. The number of aryl methyl sites for hydroxylation is 3. The van der Waals surface area contributed by atoms with E-state index in [0.717, 1.165) is 12.8 Å². The maximum absolute atomic E-state index is 2.66. The van der Waals surface area contributed by atoms with Crippen LogP contribution in [0.25, 0.3) is 59.8 Å². The lowest BCUT2D eigenvalue weighted by Gasteiger charge is -2.24. The number of hydrogen-bond acceptors (Lipinski definition) is 0. The Morgan fingerprint density at radius 2 is 1.43 bits per heavy atom. The highest BCUT2D eigenvalue weighted by atomic mass is 15.0. The second-order valence-electron chi connectivity index (χ2n) is 14.7. The summed E-state index contributed by atoms with van der Waals surface area (Å²) in [6.07, 6.45) is 4.31. The first-order valence-electron chi connectivity index (χ1n) is 14.8. The molecule has 7 aromatic rings. The fourth-order valence-electron chi connectivity index (χ4n) is 7.40. The summed E-state index contributed by atoms with van der Waals surface area (Å²) in [6.45, 7) is 18.8. The van der Waals surface area contributed by atoms with Gasteiger partial charge < -0.3 is 4.40 Å². The van der Waals surface area contributed by atoms with Gasteiger partial charge in [-0.25, -0.2) is 4.57 Å². The van der Waals surface area contributed by atoms with Crippen molar-refractivity contribution in [2.45, 2.75) is 68.2 Å². The van der Waals surface area contributed by atoms with Gasteiger partial charge in [0.25, 0.3) is 0 Å². The van der Waals surface area contributed by atoms with Gasteiger partial charge in [-0.15, -0.1) is 0 Å². The van der Waals surface area contributed by atoms with Crippen LogP contribution < -0.4 is 4.57 Å². The number of pyridine rings is 2. The first kappa shape index (κ1) is 25.3. The lowest BCUT2D eigenvalue weighted by molar-refractivity contribution is -0.643. The van der Waals surface area contributed by atoms with Gasteiger partial charge in [0.2, 0.25) is 5.52 Å². The number of aromatic nitrogens is 2. The van der Waals surface area contributed by atoms with Gasteiger partial charge in [0, 0.05) is 16.8 Å². The second-order valence-corrected chi connectivity index (χ2v) is 14.7. The van der Waals surface area contributed by atoms with Crippen molar-refractivity contribution in [1.29, 1.82) is 0 Å². The third kappa shape index (κ3) is 3.58. The molecule has 3 aromatic heterocycles. The van der Waals surface area contributed by atoms with Crippen LogP contribution in [0, 0.1) is 24.7 Å². The van der Waals surface area contributed by atoms with E-state index in [0.29, 0.717) is 0 Å². The molecule has 0 bridgehead atoms. The van der Waals surface area contributed by atoms with Crippen molar-refractivity contribution in [2.24, 2.45) is 17.9 Å². The third-order valence-corrected chi connectivity index (χ3v) is 8.83. The SMILES string of the molecule is Cc1ccc2c(CC(C)(C)C)c3c(c(C)c2c1)c1c2c(ccc4c5c(CC(C)(C)C)cccc5n3c42)cc[n+]1C. The van der Waals surface area contributed by atoms with E-state index < -0.39 is 0 Å². The van der Waals surface area contributed by atoms with Crippen molar-refractivity contribution >= 4 is 59.8 Å². The van der Waals surface area contributed by atoms with E-state index in [1.54, 1.807) is 0 Å². The van der Waals surface area contributed by atoms with Crippen LogP contribution in [-0.2, 0) is 19.9 Å². The maximum Gasteiger partial charge on any atom is 0.224 e. The zero-order valence-electron chi connectivity index (χ0n) is 25.6. The molecule has 0 aliphatic rings. The van der Waals surface area contributed by atoms with Crippen LogP contribution in [0.2, 0.25) is 0 Å². The van der Waals surface area contributed by atoms with E-state index in [1.165, 1.54) is 82.0 Å². The van der Waals surface area contributed by atoms with Crippen LogP contribution in [0.3, 0.4) is 0 Å². The zero-order valence-corrected chi connectivity index (χ0v) is 25.6. The van der Waals surface area contributed by atoms with E-state index in [1.807, 2.05) is 0 Å². The molecule has 3 heterocycles. The molecule has 2 nitrogen and oxygen atoms in total. The van der Waals surface area contributed by atoms with Gasteiger partial charge in [0.15, 0.2) is 6.20 Å². The number of rotatable bonds is 2. The monoisotopic (exact) mass is 525 g/mol. The summed E-state index contributed by atoms with van der Waals surface area (Å²) in [5.74, 6) is 0. The highest BCUT2D eigenvalue weighted by Gasteiger charge is 2.29. The van der Waals surface area contributed by atoms with Crippen molar-refractivity contribution in [3.63, 3.8) is 0 Å². The summed E-state index contributed by atoms with van der Waals surface area (Å²) in [5, 5.41) is 9.66. The smallest absolute Gasteiger partial charge is 0.224 e. The van der Waals surface area contributed by atoms with Crippen molar-refractivity contribution in [2.75, 3.05) is 0 Å². The third-order valence-electron chi connectivity index (χ3n) is 8.83. The van der Waals surface area contributed by atoms with Crippen LogP contribution in [0.4, 0.5) is 0 Å². The minimum Gasteiger partial charge on any atom is -0.307 e. The summed E-state index contributed by atoms with van der Waals surface area (Å²) in [5.41, 5.74) is 11.4. The molecule has 202 valence electrons. The lowest BCUT2D eigenvalue weighted by Crippen LogP contribution is -2.29. The van der Waals surface area contributed by atoms with E-state index >= 15 is 0 Å². The van der Waals surface area contributed by atoms with Crippen LogP contribution in [0.1, 0.15) is 63.8 Å². The Balaban J connectivity index is 1.87. The summed E-state index contributed by atoms with van der Waals surface area (Å²) >= 11 is 0. The van der Waals surface area contributed by atoms with E-state index in [9.17, 15) is 0 Å². The van der Waals surface area contributed by atoms with Gasteiger partial charge in [-0.1, -0.05) is 89.6 Å². The van der Waals surface area contributed by atoms with E-state index in [-0.39, 0.29) is 10.8 Å². The second kappa shape index (κ2) is 8.19. The number of benzene rings is 4. The molecule has 7 rings (SSSR count). The molecule has 0 atom stereocenters.